The van der Waals surface area contributed by atoms with Crippen LogP contribution in [0.4, 0.5) is 0 Å². The van der Waals surface area contributed by atoms with Crippen LogP contribution in [-0.2, 0) is 18.8 Å². The van der Waals surface area contributed by atoms with Crippen molar-refractivity contribution >= 4 is 42.8 Å². The summed E-state index contributed by atoms with van der Waals surface area (Å²) >= 11 is 1.93. The third-order valence-corrected chi connectivity index (χ3v) is 9.89. The Hall–Kier alpha value is -0.413. The summed E-state index contributed by atoms with van der Waals surface area (Å²) in [6.45, 7) is 14.8. The molecule has 1 saturated heterocycles. The van der Waals surface area contributed by atoms with Gasteiger partial charge in [-0.1, -0.05) is 20.8 Å². The number of carbonyl (C=O) groups is 2. The van der Waals surface area contributed by atoms with E-state index in [4.69, 9.17) is 9.16 Å². The second kappa shape index (κ2) is 7.00. The first-order valence-electron chi connectivity index (χ1n) is 7.47. The highest BCUT2D eigenvalue weighted by molar-refractivity contribution is 14.1. The Morgan fingerprint density at radius 2 is 1.95 bits per heavy atom. The average molecular weight is 439 g/mol. The first kappa shape index (κ1) is 19.6. The molecule has 0 aromatic carbocycles. The van der Waals surface area contributed by atoms with Crippen LogP contribution in [0.5, 0.6) is 0 Å². The molecule has 7 heteroatoms. The van der Waals surface area contributed by atoms with E-state index < -0.39 is 20.2 Å². The third kappa shape index (κ3) is 4.11. The molecule has 0 bridgehead atoms. The number of hydrogen-bond donors (Lipinski definition) is 1. The van der Waals surface area contributed by atoms with E-state index in [0.29, 0.717) is 15.9 Å². The molecule has 1 aliphatic heterocycles. The zero-order chi connectivity index (χ0) is 17.3. The molecule has 0 aromatic heterocycles. The van der Waals surface area contributed by atoms with E-state index >= 15 is 0 Å². The van der Waals surface area contributed by atoms with Gasteiger partial charge in [0.2, 0.25) is 5.91 Å². The van der Waals surface area contributed by atoms with Crippen molar-refractivity contribution in [2.24, 2.45) is 5.92 Å². The first-order valence-corrected chi connectivity index (χ1v) is 11.5. The molecule has 22 heavy (non-hydrogen) atoms. The van der Waals surface area contributed by atoms with Gasteiger partial charge in [0.1, 0.15) is 9.50 Å². The monoisotopic (exact) mass is 439 g/mol. The van der Waals surface area contributed by atoms with Gasteiger partial charge in [0, 0.05) is 0 Å². The molecule has 0 aromatic rings. The van der Waals surface area contributed by atoms with Crippen LogP contribution < -0.4 is 5.32 Å². The van der Waals surface area contributed by atoms with Gasteiger partial charge in [0.05, 0.1) is 18.4 Å². The summed E-state index contributed by atoms with van der Waals surface area (Å²) in [7, 11) is -1.97. The predicted octanol–water partition coefficient (Wildman–Crippen LogP) is 3.35. The molecule has 1 fully saturated rings. The van der Waals surface area contributed by atoms with E-state index in [1.54, 1.807) is 6.92 Å². The van der Waals surface area contributed by atoms with Crippen molar-refractivity contribution in [1.29, 1.82) is 0 Å². The lowest BCUT2D eigenvalue weighted by Gasteiger charge is -2.43. The number of hydrogen-bond acceptors (Lipinski definition) is 4. The molecule has 0 aliphatic carbocycles. The molecule has 1 amide bonds. The molecule has 126 valence electrons. The Labute approximate surface area is 147 Å². The quantitative estimate of drug-likeness (QED) is 0.235. The van der Waals surface area contributed by atoms with Gasteiger partial charge >= 0.3 is 5.97 Å². The molecule has 1 rings (SSSR count). The highest BCUT2D eigenvalue weighted by atomic mass is 127. The van der Waals surface area contributed by atoms with Crippen LogP contribution in [-0.4, -0.2) is 32.9 Å². The van der Waals surface area contributed by atoms with E-state index in [2.05, 4.69) is 39.2 Å². The molecule has 1 aliphatic rings. The fraction of sp³-hybridized carbons (Fsp3) is 0.733. The van der Waals surface area contributed by atoms with Crippen LogP contribution >= 0.6 is 22.6 Å². The summed E-state index contributed by atoms with van der Waals surface area (Å²) in [6.07, 6.45) is -0.260. The second-order valence-corrected chi connectivity index (χ2v) is 12.8. The molecule has 2 atom stereocenters. The molecule has 0 radical (unpaired) electrons. The number of nitrogens with one attached hydrogen (secondary N) is 1. The van der Waals surface area contributed by atoms with Crippen LogP contribution in [0.3, 0.4) is 0 Å². The lowest BCUT2D eigenvalue weighted by molar-refractivity contribution is -0.137. The summed E-state index contributed by atoms with van der Waals surface area (Å²) in [5.74, 6) is -0.910. The summed E-state index contributed by atoms with van der Waals surface area (Å²) in [4.78, 5) is 23.8. The van der Waals surface area contributed by atoms with E-state index in [1.165, 1.54) is 0 Å². The van der Waals surface area contributed by atoms with Crippen LogP contribution in [0.15, 0.2) is 9.28 Å². The van der Waals surface area contributed by atoms with Crippen molar-refractivity contribution in [1.82, 2.24) is 5.32 Å². The zero-order valence-electron chi connectivity index (χ0n) is 14.4. The minimum atomic E-state index is -1.97. The van der Waals surface area contributed by atoms with Crippen molar-refractivity contribution < 1.29 is 18.8 Å². The Morgan fingerprint density at radius 3 is 2.36 bits per heavy atom. The van der Waals surface area contributed by atoms with Crippen molar-refractivity contribution in [3.8, 4) is 0 Å². The molecular weight excluding hydrogens is 413 g/mol. The smallest absolute Gasteiger partial charge is 0.346 e. The highest BCUT2D eigenvalue weighted by Crippen LogP contribution is 2.40. The van der Waals surface area contributed by atoms with E-state index in [1.807, 2.05) is 29.5 Å². The van der Waals surface area contributed by atoms with Gasteiger partial charge in [0.25, 0.3) is 0 Å². The van der Waals surface area contributed by atoms with Gasteiger partial charge in [-0.05, 0) is 54.6 Å². The predicted molar refractivity (Wildman–Crippen MR) is 97.1 cm³/mol. The average Bonchev–Trinajstić information content (AvgIpc) is 2.32. The van der Waals surface area contributed by atoms with Gasteiger partial charge < -0.3 is 14.5 Å². The topological polar surface area (TPSA) is 64.6 Å². The van der Waals surface area contributed by atoms with Crippen molar-refractivity contribution in [2.75, 3.05) is 6.61 Å². The van der Waals surface area contributed by atoms with Crippen molar-refractivity contribution in [3.63, 3.8) is 0 Å². The molecule has 1 N–H and O–H groups in total. The summed E-state index contributed by atoms with van der Waals surface area (Å²) in [5, 5.41) is 2.77. The number of rotatable bonds is 5. The fourth-order valence-corrected chi connectivity index (χ4v) is 4.04. The minimum Gasteiger partial charge on any atom is -0.462 e. The molecule has 0 unspecified atom stereocenters. The number of halogens is 1. The minimum absolute atomic E-state index is 0.0691. The number of ether oxygens (including phenoxy) is 1. The van der Waals surface area contributed by atoms with Gasteiger partial charge in [-0.2, -0.15) is 0 Å². The lowest BCUT2D eigenvalue weighted by Crippen LogP contribution is -2.55. The Kier molecular flexibility index (Phi) is 6.25. The van der Waals surface area contributed by atoms with Gasteiger partial charge in [-0.25, -0.2) is 4.79 Å². The van der Waals surface area contributed by atoms with Crippen LogP contribution in [0.2, 0.25) is 18.1 Å². The largest absolute Gasteiger partial charge is 0.462 e. The maximum Gasteiger partial charge on any atom is 0.346 e. The highest BCUT2D eigenvalue weighted by Gasteiger charge is 2.46. The lowest BCUT2D eigenvalue weighted by atomic mass is 9.91. The molecule has 1 heterocycles. The number of carbonyl (C=O) groups excluding carboxylic acids is 2. The Balaban J connectivity index is 2.92. The summed E-state index contributed by atoms with van der Waals surface area (Å²) < 4.78 is 11.7. The Bertz CT molecular complexity index is 496. The van der Waals surface area contributed by atoms with E-state index in [9.17, 15) is 9.59 Å². The van der Waals surface area contributed by atoms with Crippen LogP contribution in [0.25, 0.3) is 0 Å². The van der Waals surface area contributed by atoms with Gasteiger partial charge in [-0.3, -0.25) is 4.79 Å². The number of esters is 1. The van der Waals surface area contributed by atoms with Crippen molar-refractivity contribution in [2.45, 2.75) is 58.9 Å². The van der Waals surface area contributed by atoms with Crippen molar-refractivity contribution in [3.05, 3.63) is 9.28 Å². The fourth-order valence-electron chi connectivity index (χ4n) is 1.99. The molecule has 0 spiro atoms. The molecular formula is C15H26INO4Si. The molecule has 5 nitrogen and oxygen atoms in total. The standard InChI is InChI=1S/C15H26INO4Si/c1-8-20-14(19)11(16)12-10(13(18)17-12)9(2)21-22(6,7)15(3,4)5/h9-10H,8H2,1-7H3,(H,17,18)/b12-11+/t9-,10-/m1/s1. The van der Waals surface area contributed by atoms with Gasteiger partial charge in [-0.15, -0.1) is 0 Å². The maximum absolute atomic E-state index is 11.9. The summed E-state index contributed by atoms with van der Waals surface area (Å²) in [5.41, 5.74) is 0.621. The van der Waals surface area contributed by atoms with E-state index in [-0.39, 0.29) is 17.0 Å². The Morgan fingerprint density at radius 1 is 1.41 bits per heavy atom. The van der Waals surface area contributed by atoms with E-state index in [0.717, 1.165) is 0 Å². The SMILES string of the molecule is CCOC(=O)/C(I)=C1\NC(=O)[C@@H]1[C@@H](C)O[Si](C)(C)C(C)(C)C. The third-order valence-electron chi connectivity index (χ3n) is 4.30. The molecule has 0 saturated carbocycles. The normalized spacial score (nSPS) is 22.5. The van der Waals surface area contributed by atoms with Gasteiger partial charge in [0.15, 0.2) is 8.32 Å². The van der Waals surface area contributed by atoms with Crippen LogP contribution in [0.1, 0.15) is 34.6 Å². The first-order chi connectivity index (χ1) is 9.92. The number of amides is 1. The second-order valence-electron chi connectivity index (χ2n) is 7.00. The number of β-lactam (4-membered cyclic amide) rings is 1. The van der Waals surface area contributed by atoms with Crippen LogP contribution in [0, 0.1) is 5.92 Å². The summed E-state index contributed by atoms with van der Waals surface area (Å²) in [6, 6.07) is 0. The maximum atomic E-state index is 11.9. The zero-order valence-corrected chi connectivity index (χ0v) is 17.5.